The molecule has 2 aliphatic rings. The summed E-state index contributed by atoms with van der Waals surface area (Å²) < 4.78 is 0. The lowest BCUT2D eigenvalue weighted by Gasteiger charge is -2.35. The standard InChI is InChI=1S/C27H34ClN5O/c1-31(2)24-7-5-4-6-20(24)18-10-12-33(13-11-18)27-21-16-25(32(3)14-15-34)22(28)17-23(21)29-26(30-27)19-8-9-19/h4-7,16-19,34H,8-15H2,1-3H3. The summed E-state index contributed by atoms with van der Waals surface area (Å²) in [4.78, 5) is 16.6. The third-order valence-electron chi connectivity index (χ3n) is 7.20. The van der Waals surface area contributed by atoms with Gasteiger partial charge < -0.3 is 19.8 Å². The Morgan fingerprint density at radius 1 is 0.971 bits per heavy atom. The lowest BCUT2D eigenvalue weighted by molar-refractivity contribution is 0.304. The third kappa shape index (κ3) is 4.53. The molecular weight excluding hydrogens is 446 g/mol. The fourth-order valence-electron chi connectivity index (χ4n) is 5.11. The second-order valence-corrected chi connectivity index (χ2v) is 10.3. The van der Waals surface area contributed by atoms with Gasteiger partial charge in [-0.25, -0.2) is 9.97 Å². The van der Waals surface area contributed by atoms with Crippen LogP contribution >= 0.6 is 11.6 Å². The number of aromatic nitrogens is 2. The number of likely N-dealkylation sites (N-methyl/N-ethyl adjacent to an activating group) is 1. The molecule has 2 aromatic carbocycles. The molecule has 0 unspecified atom stereocenters. The molecule has 7 heteroatoms. The van der Waals surface area contributed by atoms with Crippen molar-refractivity contribution in [2.24, 2.45) is 0 Å². The fraction of sp³-hybridized carbons (Fsp3) is 0.481. The summed E-state index contributed by atoms with van der Waals surface area (Å²) in [6.07, 6.45) is 4.53. The van der Waals surface area contributed by atoms with E-state index >= 15 is 0 Å². The minimum Gasteiger partial charge on any atom is -0.395 e. The van der Waals surface area contributed by atoms with Gasteiger partial charge in [-0.2, -0.15) is 0 Å². The van der Waals surface area contributed by atoms with Crippen LogP contribution in [0.4, 0.5) is 17.2 Å². The Balaban J connectivity index is 1.48. The summed E-state index contributed by atoms with van der Waals surface area (Å²) in [5, 5.41) is 11.1. The highest BCUT2D eigenvalue weighted by molar-refractivity contribution is 6.34. The van der Waals surface area contributed by atoms with Crippen LogP contribution in [0, 0.1) is 0 Å². The van der Waals surface area contributed by atoms with Crippen molar-refractivity contribution in [3.63, 3.8) is 0 Å². The topological polar surface area (TPSA) is 55.7 Å². The molecule has 0 spiro atoms. The van der Waals surface area contributed by atoms with Crippen molar-refractivity contribution in [2.75, 3.05) is 62.1 Å². The van der Waals surface area contributed by atoms with E-state index < -0.39 is 0 Å². The van der Waals surface area contributed by atoms with Crippen molar-refractivity contribution in [1.82, 2.24) is 9.97 Å². The Morgan fingerprint density at radius 2 is 1.71 bits per heavy atom. The number of rotatable bonds is 7. The second-order valence-electron chi connectivity index (χ2n) is 9.86. The van der Waals surface area contributed by atoms with Crippen molar-refractivity contribution in [3.05, 3.63) is 52.8 Å². The maximum atomic E-state index is 9.42. The highest BCUT2D eigenvalue weighted by Gasteiger charge is 2.30. The highest BCUT2D eigenvalue weighted by atomic mass is 35.5. The number of para-hydroxylation sites is 1. The zero-order valence-corrected chi connectivity index (χ0v) is 21.1. The Morgan fingerprint density at radius 3 is 2.38 bits per heavy atom. The van der Waals surface area contributed by atoms with Gasteiger partial charge in [0.15, 0.2) is 0 Å². The number of hydrogen-bond acceptors (Lipinski definition) is 6. The van der Waals surface area contributed by atoms with Crippen LogP contribution in [0.15, 0.2) is 36.4 Å². The van der Waals surface area contributed by atoms with Crippen LogP contribution in [0.3, 0.4) is 0 Å². The van der Waals surface area contributed by atoms with Crippen molar-refractivity contribution < 1.29 is 5.11 Å². The van der Waals surface area contributed by atoms with Gasteiger partial charge in [-0.15, -0.1) is 0 Å². The zero-order chi connectivity index (χ0) is 23.8. The molecule has 6 nitrogen and oxygen atoms in total. The summed E-state index contributed by atoms with van der Waals surface area (Å²) in [7, 11) is 6.20. The summed E-state index contributed by atoms with van der Waals surface area (Å²) in [5.41, 5.74) is 4.58. The maximum Gasteiger partial charge on any atom is 0.140 e. The molecule has 1 N–H and O–H groups in total. The first-order valence-corrected chi connectivity index (χ1v) is 12.7. The number of nitrogens with zero attached hydrogens (tertiary/aromatic N) is 5. The van der Waals surface area contributed by atoms with Gasteiger partial charge in [0.1, 0.15) is 11.6 Å². The molecule has 2 heterocycles. The van der Waals surface area contributed by atoms with Crippen LogP contribution in [0.1, 0.15) is 48.9 Å². The predicted octanol–water partition coefficient (Wildman–Crippen LogP) is 5.04. The monoisotopic (exact) mass is 479 g/mol. The molecule has 1 saturated heterocycles. The summed E-state index contributed by atoms with van der Waals surface area (Å²) in [6.45, 7) is 2.54. The first-order chi connectivity index (χ1) is 16.5. The van der Waals surface area contributed by atoms with E-state index in [1.165, 1.54) is 24.1 Å². The van der Waals surface area contributed by atoms with Crippen LogP contribution in [-0.2, 0) is 0 Å². The van der Waals surface area contributed by atoms with Gasteiger partial charge in [-0.05, 0) is 55.4 Å². The molecule has 34 heavy (non-hydrogen) atoms. The molecule has 1 aromatic heterocycles. The molecule has 180 valence electrons. The largest absolute Gasteiger partial charge is 0.395 e. The van der Waals surface area contributed by atoms with Crippen LogP contribution < -0.4 is 14.7 Å². The van der Waals surface area contributed by atoms with Crippen LogP contribution in [0.2, 0.25) is 5.02 Å². The van der Waals surface area contributed by atoms with E-state index in [1.807, 2.05) is 18.0 Å². The van der Waals surface area contributed by atoms with Gasteiger partial charge in [0.05, 0.1) is 22.8 Å². The van der Waals surface area contributed by atoms with Gasteiger partial charge in [-0.1, -0.05) is 29.8 Å². The third-order valence-corrected chi connectivity index (χ3v) is 7.51. The molecule has 5 rings (SSSR count). The van der Waals surface area contributed by atoms with E-state index in [0.29, 0.717) is 23.4 Å². The Kier molecular flexibility index (Phi) is 6.54. The average Bonchev–Trinajstić information content (AvgIpc) is 3.69. The number of benzene rings is 2. The molecule has 2 fully saturated rings. The molecule has 3 aromatic rings. The number of hydrogen-bond donors (Lipinski definition) is 1. The van der Waals surface area contributed by atoms with Gasteiger partial charge in [-0.3, -0.25) is 0 Å². The van der Waals surface area contributed by atoms with E-state index in [1.54, 1.807) is 0 Å². The van der Waals surface area contributed by atoms with Gasteiger partial charge in [0.25, 0.3) is 0 Å². The Bertz CT molecular complexity index is 1170. The van der Waals surface area contributed by atoms with E-state index in [2.05, 4.69) is 54.2 Å². The number of halogens is 1. The molecule has 1 aliphatic carbocycles. The van der Waals surface area contributed by atoms with E-state index in [9.17, 15) is 5.11 Å². The lowest BCUT2D eigenvalue weighted by Crippen LogP contribution is -2.34. The quantitative estimate of drug-likeness (QED) is 0.512. The molecule has 0 amide bonds. The predicted molar refractivity (Wildman–Crippen MR) is 142 cm³/mol. The SMILES string of the molecule is CN(C)c1ccccc1C1CCN(c2nc(C3CC3)nc3cc(Cl)c(N(C)CCO)cc23)CC1. The molecule has 0 atom stereocenters. The average molecular weight is 480 g/mol. The van der Waals surface area contributed by atoms with E-state index in [0.717, 1.165) is 54.2 Å². The van der Waals surface area contributed by atoms with Crippen molar-refractivity contribution in [1.29, 1.82) is 0 Å². The lowest BCUT2D eigenvalue weighted by atomic mass is 9.88. The molecular formula is C27H34ClN5O. The zero-order valence-electron chi connectivity index (χ0n) is 20.3. The first-order valence-electron chi connectivity index (χ1n) is 12.3. The van der Waals surface area contributed by atoms with Crippen molar-refractivity contribution >= 4 is 39.7 Å². The number of fused-ring (bicyclic) bond motifs is 1. The summed E-state index contributed by atoms with van der Waals surface area (Å²) in [6, 6.07) is 12.9. The number of piperidine rings is 1. The minimum absolute atomic E-state index is 0.0801. The van der Waals surface area contributed by atoms with Crippen LogP contribution in [0.5, 0.6) is 0 Å². The number of anilines is 3. The number of aliphatic hydroxyl groups excluding tert-OH is 1. The van der Waals surface area contributed by atoms with Crippen LogP contribution in [0.25, 0.3) is 10.9 Å². The number of aliphatic hydroxyl groups is 1. The smallest absolute Gasteiger partial charge is 0.140 e. The molecule has 0 bridgehead atoms. The highest BCUT2D eigenvalue weighted by Crippen LogP contribution is 2.42. The van der Waals surface area contributed by atoms with Gasteiger partial charge in [0, 0.05) is 57.8 Å². The van der Waals surface area contributed by atoms with Crippen molar-refractivity contribution in [2.45, 2.75) is 37.5 Å². The first kappa shape index (κ1) is 23.2. The summed E-state index contributed by atoms with van der Waals surface area (Å²) >= 11 is 6.65. The minimum atomic E-state index is 0.0801. The van der Waals surface area contributed by atoms with Gasteiger partial charge >= 0.3 is 0 Å². The summed E-state index contributed by atoms with van der Waals surface area (Å²) in [5.74, 6) is 3.01. The second kappa shape index (κ2) is 9.59. The molecule has 0 radical (unpaired) electrons. The Labute approximate surface area is 207 Å². The van der Waals surface area contributed by atoms with E-state index in [-0.39, 0.29) is 6.61 Å². The molecule has 1 aliphatic heterocycles. The Hall–Kier alpha value is -2.57. The van der Waals surface area contributed by atoms with Crippen molar-refractivity contribution in [3.8, 4) is 0 Å². The van der Waals surface area contributed by atoms with E-state index in [4.69, 9.17) is 21.6 Å². The fourth-order valence-corrected chi connectivity index (χ4v) is 5.41. The van der Waals surface area contributed by atoms with Crippen LogP contribution in [-0.4, -0.2) is 62.5 Å². The normalized spacial score (nSPS) is 16.8. The maximum absolute atomic E-state index is 9.42. The molecule has 1 saturated carbocycles. The van der Waals surface area contributed by atoms with Gasteiger partial charge in [0.2, 0.25) is 0 Å².